The summed E-state index contributed by atoms with van der Waals surface area (Å²) < 4.78 is 1.65. The lowest BCUT2D eigenvalue weighted by atomic mass is 10.1. The van der Waals surface area contributed by atoms with Gasteiger partial charge in [0, 0.05) is 29.7 Å². The minimum atomic E-state index is -0.402. The van der Waals surface area contributed by atoms with E-state index < -0.39 is 6.03 Å². The molecule has 3 rings (SSSR count). The second-order valence-corrected chi connectivity index (χ2v) is 6.74. The van der Waals surface area contributed by atoms with Crippen molar-refractivity contribution in [3.63, 3.8) is 0 Å². The lowest BCUT2D eigenvalue weighted by molar-refractivity contribution is 0.262. The van der Waals surface area contributed by atoms with Crippen LogP contribution in [0.5, 0.6) is 0 Å². The van der Waals surface area contributed by atoms with Crippen LogP contribution in [0.1, 0.15) is 19.4 Å². The molecule has 26 heavy (non-hydrogen) atoms. The Kier molecular flexibility index (Phi) is 5.02. The van der Waals surface area contributed by atoms with Gasteiger partial charge in [-0.3, -0.25) is 10.1 Å². The van der Waals surface area contributed by atoms with Crippen molar-refractivity contribution < 1.29 is 4.79 Å². The van der Waals surface area contributed by atoms with Crippen LogP contribution in [0.4, 0.5) is 16.3 Å². The molecule has 0 aliphatic carbocycles. The van der Waals surface area contributed by atoms with Crippen LogP contribution in [0.3, 0.4) is 0 Å². The zero-order valence-electron chi connectivity index (χ0n) is 15.1. The van der Waals surface area contributed by atoms with Gasteiger partial charge < -0.3 is 9.88 Å². The van der Waals surface area contributed by atoms with E-state index in [1.165, 1.54) is 0 Å². The number of carbonyl (C=O) groups excluding carboxylic acids is 1. The molecule has 6 heteroatoms. The largest absolute Gasteiger partial charge is 0.324 e. The number of anilines is 2. The maximum absolute atomic E-state index is 12.6. The van der Waals surface area contributed by atoms with Crippen molar-refractivity contribution >= 4 is 28.3 Å². The summed E-state index contributed by atoms with van der Waals surface area (Å²) in [6.07, 6.45) is 3.39. The number of nitrogens with zero attached hydrogens (tertiary/aromatic N) is 2. The predicted octanol–water partition coefficient (Wildman–Crippen LogP) is 4.00. The fraction of sp³-hybridized carbons (Fsp3) is 0.250. The average molecular weight is 350 g/mol. The van der Waals surface area contributed by atoms with Gasteiger partial charge in [0.05, 0.1) is 5.69 Å². The van der Waals surface area contributed by atoms with Crippen LogP contribution in [-0.2, 0) is 6.54 Å². The van der Waals surface area contributed by atoms with Crippen LogP contribution in [0.15, 0.2) is 53.6 Å². The van der Waals surface area contributed by atoms with Crippen molar-refractivity contribution in [2.24, 2.45) is 5.92 Å². The molecule has 0 spiro atoms. The van der Waals surface area contributed by atoms with Gasteiger partial charge in [-0.1, -0.05) is 38.1 Å². The van der Waals surface area contributed by atoms with Crippen molar-refractivity contribution in [2.45, 2.75) is 27.3 Å². The molecule has 0 atom stereocenters. The first-order valence-electron chi connectivity index (χ1n) is 8.57. The highest BCUT2D eigenvalue weighted by molar-refractivity contribution is 6.05. The number of urea groups is 1. The average Bonchev–Trinajstić information content (AvgIpc) is 2.60. The molecular weight excluding hydrogens is 328 g/mol. The molecule has 3 aromatic rings. The normalized spacial score (nSPS) is 10.9. The Bertz CT molecular complexity index is 991. The minimum Gasteiger partial charge on any atom is -0.313 e. The standard InChI is InChI=1S/C20H22N4O2/c1-13(2)11-24-12-17(15-6-4-5-7-16(15)19(24)25)22-20(26)23-18-9-8-14(3)10-21-18/h4-10,12-13H,11H2,1-3H3,(H2,21,22,23,26). The fourth-order valence-corrected chi connectivity index (χ4v) is 2.78. The van der Waals surface area contributed by atoms with Crippen molar-refractivity contribution in [1.29, 1.82) is 0 Å². The van der Waals surface area contributed by atoms with Crippen molar-refractivity contribution in [3.05, 3.63) is 64.7 Å². The summed E-state index contributed by atoms with van der Waals surface area (Å²) >= 11 is 0. The number of benzene rings is 1. The van der Waals surface area contributed by atoms with Gasteiger partial charge in [0.1, 0.15) is 5.82 Å². The van der Waals surface area contributed by atoms with Crippen molar-refractivity contribution in [2.75, 3.05) is 10.6 Å². The lowest BCUT2D eigenvalue weighted by Gasteiger charge is -2.15. The number of pyridine rings is 2. The lowest BCUT2D eigenvalue weighted by Crippen LogP contribution is -2.25. The van der Waals surface area contributed by atoms with Crippen LogP contribution < -0.4 is 16.2 Å². The second kappa shape index (κ2) is 7.39. The molecule has 1 aromatic carbocycles. The van der Waals surface area contributed by atoms with E-state index in [1.54, 1.807) is 29.1 Å². The van der Waals surface area contributed by atoms with E-state index in [0.29, 0.717) is 34.7 Å². The number of hydrogen-bond acceptors (Lipinski definition) is 3. The van der Waals surface area contributed by atoms with E-state index in [4.69, 9.17) is 0 Å². The number of aromatic nitrogens is 2. The molecule has 6 nitrogen and oxygen atoms in total. The van der Waals surface area contributed by atoms with E-state index in [1.807, 2.05) is 45.0 Å². The topological polar surface area (TPSA) is 76.0 Å². The number of fused-ring (bicyclic) bond motifs is 1. The van der Waals surface area contributed by atoms with E-state index in [0.717, 1.165) is 5.56 Å². The molecule has 0 aliphatic rings. The van der Waals surface area contributed by atoms with E-state index in [2.05, 4.69) is 15.6 Å². The molecule has 0 fully saturated rings. The number of rotatable bonds is 4. The fourth-order valence-electron chi connectivity index (χ4n) is 2.78. The second-order valence-electron chi connectivity index (χ2n) is 6.74. The molecule has 0 saturated heterocycles. The molecule has 0 radical (unpaired) electrons. The van der Waals surface area contributed by atoms with Crippen LogP contribution in [-0.4, -0.2) is 15.6 Å². The van der Waals surface area contributed by atoms with Crippen molar-refractivity contribution in [1.82, 2.24) is 9.55 Å². The van der Waals surface area contributed by atoms with Gasteiger partial charge in [0.25, 0.3) is 5.56 Å². The molecule has 2 N–H and O–H groups in total. The summed E-state index contributed by atoms with van der Waals surface area (Å²) in [5.41, 5.74) is 1.55. The Hall–Kier alpha value is -3.15. The zero-order chi connectivity index (χ0) is 18.7. The first-order valence-corrected chi connectivity index (χ1v) is 8.57. The van der Waals surface area contributed by atoms with Gasteiger partial charge in [-0.2, -0.15) is 0 Å². The first-order chi connectivity index (χ1) is 12.4. The Morgan fingerprint density at radius 2 is 1.85 bits per heavy atom. The summed E-state index contributed by atoms with van der Waals surface area (Å²) in [7, 11) is 0. The minimum absolute atomic E-state index is 0.0551. The molecule has 2 aromatic heterocycles. The number of nitrogens with one attached hydrogen (secondary N) is 2. The maximum atomic E-state index is 12.6. The molecule has 0 bridgehead atoms. The molecule has 0 saturated carbocycles. The number of aryl methyl sites for hydroxylation is 1. The summed E-state index contributed by atoms with van der Waals surface area (Å²) in [4.78, 5) is 29.2. The highest BCUT2D eigenvalue weighted by Crippen LogP contribution is 2.21. The number of carbonyl (C=O) groups is 1. The van der Waals surface area contributed by atoms with Gasteiger partial charge in [0.15, 0.2) is 0 Å². The third-order valence-corrected chi connectivity index (χ3v) is 3.96. The van der Waals surface area contributed by atoms with Crippen LogP contribution in [0.2, 0.25) is 0 Å². The van der Waals surface area contributed by atoms with Crippen LogP contribution in [0, 0.1) is 12.8 Å². The van der Waals surface area contributed by atoms with Gasteiger partial charge >= 0.3 is 6.03 Å². The van der Waals surface area contributed by atoms with E-state index in [9.17, 15) is 9.59 Å². The van der Waals surface area contributed by atoms with E-state index >= 15 is 0 Å². The SMILES string of the molecule is Cc1ccc(NC(=O)Nc2cn(CC(C)C)c(=O)c3ccccc23)nc1. The summed E-state index contributed by atoms with van der Waals surface area (Å²) in [6.45, 7) is 6.61. The van der Waals surface area contributed by atoms with Gasteiger partial charge in [-0.25, -0.2) is 9.78 Å². The highest BCUT2D eigenvalue weighted by atomic mass is 16.2. The Morgan fingerprint density at radius 3 is 2.50 bits per heavy atom. The van der Waals surface area contributed by atoms with Crippen molar-refractivity contribution in [3.8, 4) is 0 Å². The molecular formula is C20H22N4O2. The monoisotopic (exact) mass is 350 g/mol. The first kappa shape index (κ1) is 17.7. The summed E-state index contributed by atoms with van der Waals surface area (Å²) in [6, 6.07) is 10.5. The van der Waals surface area contributed by atoms with E-state index in [-0.39, 0.29) is 5.56 Å². The van der Waals surface area contributed by atoms with Crippen LogP contribution >= 0.6 is 0 Å². The Labute approximate surface area is 151 Å². The Balaban J connectivity index is 1.93. The number of hydrogen-bond donors (Lipinski definition) is 2. The van der Waals surface area contributed by atoms with Gasteiger partial charge in [-0.15, -0.1) is 0 Å². The van der Waals surface area contributed by atoms with Gasteiger partial charge in [0.2, 0.25) is 0 Å². The van der Waals surface area contributed by atoms with Gasteiger partial charge in [-0.05, 0) is 30.5 Å². The smallest absolute Gasteiger partial charge is 0.313 e. The molecule has 2 amide bonds. The Morgan fingerprint density at radius 1 is 1.12 bits per heavy atom. The third-order valence-electron chi connectivity index (χ3n) is 3.96. The molecule has 134 valence electrons. The zero-order valence-corrected chi connectivity index (χ0v) is 15.1. The number of amides is 2. The highest BCUT2D eigenvalue weighted by Gasteiger charge is 2.12. The maximum Gasteiger partial charge on any atom is 0.324 e. The quantitative estimate of drug-likeness (QED) is 0.746. The molecule has 2 heterocycles. The predicted molar refractivity (Wildman–Crippen MR) is 105 cm³/mol. The molecule has 0 aliphatic heterocycles. The third kappa shape index (κ3) is 3.91. The summed E-state index contributed by atoms with van der Waals surface area (Å²) in [5.74, 6) is 0.778. The summed E-state index contributed by atoms with van der Waals surface area (Å²) in [5, 5.41) is 6.84. The molecule has 0 unspecified atom stereocenters. The van der Waals surface area contributed by atoms with Crippen LogP contribution in [0.25, 0.3) is 10.8 Å².